The van der Waals surface area contributed by atoms with Gasteiger partial charge in [0.15, 0.2) is 0 Å². The van der Waals surface area contributed by atoms with Crippen molar-refractivity contribution >= 4 is 49.5 Å². The third-order valence-corrected chi connectivity index (χ3v) is 13.3. The van der Waals surface area contributed by atoms with Gasteiger partial charge >= 0.3 is 0 Å². The first-order valence-electron chi connectivity index (χ1n) is 20.0. The largest absolute Gasteiger partial charge is 0.332 e. The van der Waals surface area contributed by atoms with Gasteiger partial charge in [-0.05, 0) is 87.9 Å². The molecule has 5 aromatic carbocycles. The fraction of sp³-hybridized carbons (Fsp3) is 0.173. The molecule has 1 aliphatic heterocycles. The Bertz CT molecular complexity index is 2950. The molecule has 264 valence electrons. The number of para-hydroxylation sites is 3. The van der Waals surface area contributed by atoms with Crippen LogP contribution in [0.5, 0.6) is 0 Å². The van der Waals surface area contributed by atoms with Crippen molar-refractivity contribution in [1.82, 2.24) is 9.55 Å². The molecule has 3 unspecified atom stereocenters. The quantitative estimate of drug-likeness (QED) is 0.171. The highest BCUT2D eigenvalue weighted by molar-refractivity contribution is 6.13. The molecule has 4 aliphatic carbocycles. The molecule has 55 heavy (non-hydrogen) atoms. The Morgan fingerprint density at radius 3 is 2.36 bits per heavy atom. The number of hydrogen-bond acceptors (Lipinski definition) is 2. The van der Waals surface area contributed by atoms with E-state index in [0.717, 1.165) is 30.5 Å². The molecule has 12 rings (SSSR count). The predicted molar refractivity (Wildman–Crippen MR) is 229 cm³/mol. The van der Waals surface area contributed by atoms with E-state index in [1.807, 2.05) is 0 Å². The summed E-state index contributed by atoms with van der Waals surface area (Å²) in [4.78, 5) is 8.26. The molecule has 3 atom stereocenters. The summed E-state index contributed by atoms with van der Waals surface area (Å²) in [6, 6.07) is 43.1. The first kappa shape index (κ1) is 31.2. The second-order valence-electron chi connectivity index (χ2n) is 16.5. The van der Waals surface area contributed by atoms with Gasteiger partial charge in [0.25, 0.3) is 0 Å². The average molecular weight is 708 g/mol. The molecular formula is C52H41N3. The molecule has 0 fully saturated rings. The van der Waals surface area contributed by atoms with Crippen LogP contribution in [0.3, 0.4) is 0 Å². The third kappa shape index (κ3) is 4.24. The second-order valence-corrected chi connectivity index (χ2v) is 16.5. The lowest BCUT2D eigenvalue weighted by Gasteiger charge is -2.33. The molecule has 0 amide bonds. The Labute approximate surface area is 322 Å². The summed E-state index contributed by atoms with van der Waals surface area (Å²) < 4.78 is 2.71. The topological polar surface area (TPSA) is 21.1 Å². The lowest BCUT2D eigenvalue weighted by molar-refractivity contribution is 0.624. The van der Waals surface area contributed by atoms with E-state index in [2.05, 4.69) is 181 Å². The van der Waals surface area contributed by atoms with E-state index in [4.69, 9.17) is 4.98 Å². The monoisotopic (exact) mass is 707 g/mol. The smallest absolute Gasteiger partial charge is 0.0751 e. The lowest BCUT2D eigenvalue weighted by Crippen LogP contribution is -2.33. The Morgan fingerprint density at radius 1 is 0.673 bits per heavy atom. The SMILES string of the molecule is CC1(C)c2ccccc2-c2ccc3c(c(C4=CC=CC(n5c6c(c7ccccc75)CCC5=C6N(c6ccccc6)C6C=CC=CC56)C4)nc4ccccc43)c21. The van der Waals surface area contributed by atoms with Gasteiger partial charge in [0.2, 0.25) is 0 Å². The Hall–Kier alpha value is -6.19. The van der Waals surface area contributed by atoms with Crippen molar-refractivity contribution < 1.29 is 0 Å². The number of pyridine rings is 1. The van der Waals surface area contributed by atoms with E-state index in [0.29, 0.717) is 5.92 Å². The molecule has 2 aromatic heterocycles. The molecule has 0 N–H and O–H groups in total. The van der Waals surface area contributed by atoms with Crippen LogP contribution in [0.1, 0.15) is 60.8 Å². The van der Waals surface area contributed by atoms with Gasteiger partial charge in [-0.1, -0.05) is 147 Å². The molecule has 5 aliphatic rings. The van der Waals surface area contributed by atoms with E-state index in [9.17, 15) is 0 Å². The Kier molecular flexibility index (Phi) is 6.47. The predicted octanol–water partition coefficient (Wildman–Crippen LogP) is 12.5. The molecule has 0 saturated carbocycles. The minimum absolute atomic E-state index is 0.122. The van der Waals surface area contributed by atoms with Crippen molar-refractivity contribution in [3.63, 3.8) is 0 Å². The van der Waals surface area contributed by atoms with Crippen molar-refractivity contribution in [2.75, 3.05) is 4.90 Å². The van der Waals surface area contributed by atoms with Gasteiger partial charge in [-0.2, -0.15) is 0 Å². The summed E-state index contributed by atoms with van der Waals surface area (Å²) in [7, 11) is 0. The van der Waals surface area contributed by atoms with Crippen LogP contribution in [0.15, 0.2) is 163 Å². The van der Waals surface area contributed by atoms with Crippen molar-refractivity contribution in [2.24, 2.45) is 5.92 Å². The fourth-order valence-corrected chi connectivity index (χ4v) is 11.1. The van der Waals surface area contributed by atoms with Gasteiger partial charge in [0, 0.05) is 38.7 Å². The average Bonchev–Trinajstić information content (AvgIpc) is 3.84. The Morgan fingerprint density at radius 2 is 1.45 bits per heavy atom. The maximum Gasteiger partial charge on any atom is 0.0751 e. The molecule has 3 heteroatoms. The van der Waals surface area contributed by atoms with Crippen LogP contribution in [0, 0.1) is 5.92 Å². The van der Waals surface area contributed by atoms with E-state index in [1.54, 1.807) is 5.57 Å². The van der Waals surface area contributed by atoms with Gasteiger partial charge in [0.05, 0.1) is 34.7 Å². The number of rotatable bonds is 3. The number of aryl methyl sites for hydroxylation is 1. The molecule has 0 bridgehead atoms. The summed E-state index contributed by atoms with van der Waals surface area (Å²) in [5.41, 5.74) is 17.2. The number of benzene rings is 5. The van der Waals surface area contributed by atoms with Crippen molar-refractivity contribution in [2.45, 2.75) is 50.6 Å². The van der Waals surface area contributed by atoms with E-state index in [1.165, 1.54) is 77.5 Å². The van der Waals surface area contributed by atoms with E-state index >= 15 is 0 Å². The van der Waals surface area contributed by atoms with E-state index in [-0.39, 0.29) is 17.5 Å². The van der Waals surface area contributed by atoms with Gasteiger partial charge in [-0.3, -0.25) is 0 Å². The van der Waals surface area contributed by atoms with Gasteiger partial charge in [-0.15, -0.1) is 0 Å². The van der Waals surface area contributed by atoms with E-state index < -0.39 is 0 Å². The first-order chi connectivity index (χ1) is 27.1. The van der Waals surface area contributed by atoms with Crippen molar-refractivity contribution in [1.29, 1.82) is 0 Å². The number of aromatic nitrogens is 2. The zero-order valence-corrected chi connectivity index (χ0v) is 31.2. The highest BCUT2D eigenvalue weighted by Gasteiger charge is 2.45. The van der Waals surface area contributed by atoms with Crippen molar-refractivity contribution in [3.05, 3.63) is 191 Å². The molecule has 3 nitrogen and oxygen atoms in total. The number of fused-ring (bicyclic) bond motifs is 13. The summed E-state index contributed by atoms with van der Waals surface area (Å²) in [6.45, 7) is 4.80. The molecule has 0 spiro atoms. The van der Waals surface area contributed by atoms with Crippen molar-refractivity contribution in [3.8, 4) is 11.1 Å². The minimum Gasteiger partial charge on any atom is -0.332 e. The maximum atomic E-state index is 5.61. The molecule has 7 aromatic rings. The minimum atomic E-state index is -0.156. The molecule has 0 radical (unpaired) electrons. The normalized spacial score (nSPS) is 21.5. The highest BCUT2D eigenvalue weighted by Crippen LogP contribution is 2.55. The number of nitrogens with zero attached hydrogens (tertiary/aromatic N) is 3. The van der Waals surface area contributed by atoms with Gasteiger partial charge in [-0.25, -0.2) is 4.98 Å². The van der Waals surface area contributed by atoms with Crippen LogP contribution in [0.25, 0.3) is 55.0 Å². The summed E-state index contributed by atoms with van der Waals surface area (Å²) in [5.74, 6) is 0.375. The maximum absolute atomic E-state index is 5.61. The summed E-state index contributed by atoms with van der Waals surface area (Å²) in [6.07, 6.45) is 19.4. The Balaban J connectivity index is 1.07. The van der Waals surface area contributed by atoms with Crippen LogP contribution in [0.2, 0.25) is 0 Å². The molecular weight excluding hydrogens is 667 g/mol. The fourth-order valence-electron chi connectivity index (χ4n) is 11.1. The summed E-state index contributed by atoms with van der Waals surface area (Å²) in [5, 5.41) is 5.19. The van der Waals surface area contributed by atoms with Gasteiger partial charge in [0.1, 0.15) is 0 Å². The van der Waals surface area contributed by atoms with Crippen LogP contribution >= 0.6 is 0 Å². The van der Waals surface area contributed by atoms with Crippen LogP contribution in [-0.4, -0.2) is 15.6 Å². The number of allylic oxidation sites excluding steroid dienone is 6. The number of hydrogen-bond donors (Lipinski definition) is 0. The zero-order chi connectivity index (χ0) is 36.4. The van der Waals surface area contributed by atoms with Gasteiger partial charge < -0.3 is 9.47 Å². The molecule has 3 heterocycles. The number of anilines is 1. The molecule has 0 saturated heterocycles. The zero-order valence-electron chi connectivity index (χ0n) is 31.2. The lowest BCUT2D eigenvalue weighted by atomic mass is 9.78. The summed E-state index contributed by atoms with van der Waals surface area (Å²) >= 11 is 0. The third-order valence-electron chi connectivity index (χ3n) is 13.3. The highest BCUT2D eigenvalue weighted by atomic mass is 15.2. The second kappa shape index (κ2) is 11.4. The van der Waals surface area contributed by atoms with Crippen LogP contribution in [0.4, 0.5) is 5.69 Å². The van der Waals surface area contributed by atoms with Crippen LogP contribution < -0.4 is 4.90 Å². The standard InChI is InChI=1S/C52H41N3/c1-52(2)43-23-10-6-19-35(43)40-28-27-39-36-20-7-11-24-44(36)53-49(47(39)48(40)52)32-15-14-18-34(31-32)55-46-26-13-9-22-38(46)42-30-29-41-37-21-8-12-25-45(37)54(50(41)51(42)55)33-16-4-3-5-17-33/h3-28,34,37,45H,29-31H2,1-2H3. The first-order valence-corrected chi connectivity index (χ1v) is 20.0. The van der Waals surface area contributed by atoms with Crippen LogP contribution in [-0.2, 0) is 11.8 Å².